The molecule has 0 aliphatic heterocycles. The number of alkyl halides is 2. The average Bonchev–Trinajstić information content (AvgIpc) is 2.02. The Hall–Kier alpha value is -0.300. The van der Waals surface area contributed by atoms with Crippen LogP contribution in [0.3, 0.4) is 0 Å². The lowest BCUT2D eigenvalue weighted by Crippen LogP contribution is -2.07. The zero-order valence-corrected chi connectivity index (χ0v) is 9.18. The molecule has 0 saturated carbocycles. The van der Waals surface area contributed by atoms with E-state index in [-0.39, 0.29) is 12.1 Å². The molecule has 0 spiro atoms. The Morgan fingerprint density at radius 1 is 1.62 bits per heavy atom. The number of aryl methyl sites for hydroxylation is 1. The number of hydrogen-bond donors (Lipinski definition) is 1. The van der Waals surface area contributed by atoms with Crippen LogP contribution >= 0.6 is 22.6 Å². The number of aromatic nitrogens is 1. The summed E-state index contributed by atoms with van der Waals surface area (Å²) in [6.45, 7) is 1.79. The molecule has 5 heteroatoms. The summed E-state index contributed by atoms with van der Waals surface area (Å²) in [5.74, 6) is 0. The van der Waals surface area contributed by atoms with Crippen LogP contribution in [-0.4, -0.2) is 4.98 Å². The predicted molar refractivity (Wildman–Crippen MR) is 54.5 cm³/mol. The molecule has 1 rings (SSSR count). The van der Waals surface area contributed by atoms with Gasteiger partial charge >= 0.3 is 0 Å². The van der Waals surface area contributed by atoms with Gasteiger partial charge in [0.2, 0.25) is 0 Å². The molecule has 0 amide bonds. The minimum absolute atomic E-state index is 0.000556. The Balaban J connectivity index is 3.29. The lowest BCUT2D eigenvalue weighted by molar-refractivity contribution is 0.150. The molecule has 1 aromatic heterocycles. The number of nitrogens with zero attached hydrogens (tertiary/aromatic N) is 1. The summed E-state index contributed by atoms with van der Waals surface area (Å²) >= 11 is 1.92. The van der Waals surface area contributed by atoms with Crippen LogP contribution in [0, 0.1) is 10.6 Å². The highest BCUT2D eigenvalue weighted by Gasteiger charge is 2.15. The molecule has 0 fully saturated rings. The third-order valence-corrected chi connectivity index (χ3v) is 2.57. The fourth-order valence-electron chi connectivity index (χ4n) is 1.08. The van der Waals surface area contributed by atoms with Gasteiger partial charge in [-0.25, -0.2) is 13.8 Å². The van der Waals surface area contributed by atoms with Crippen LogP contribution in [0.1, 0.15) is 23.2 Å². The second-order valence-corrected chi connectivity index (χ2v) is 3.65. The van der Waals surface area contributed by atoms with E-state index in [1.54, 1.807) is 6.92 Å². The predicted octanol–water partition coefficient (Wildman–Crippen LogP) is 2.39. The van der Waals surface area contributed by atoms with E-state index in [0.717, 1.165) is 0 Å². The molecule has 0 aliphatic carbocycles. The van der Waals surface area contributed by atoms with Crippen LogP contribution in [0.25, 0.3) is 0 Å². The normalized spacial score (nSPS) is 10.9. The summed E-state index contributed by atoms with van der Waals surface area (Å²) in [6.07, 6.45) is -2.48. The van der Waals surface area contributed by atoms with Crippen LogP contribution in [0.4, 0.5) is 8.78 Å². The van der Waals surface area contributed by atoms with Gasteiger partial charge in [0.25, 0.3) is 6.43 Å². The van der Waals surface area contributed by atoms with Crippen molar-refractivity contribution < 1.29 is 8.78 Å². The van der Waals surface area contributed by atoms with Crippen LogP contribution in [0.2, 0.25) is 0 Å². The smallest absolute Gasteiger partial charge is 0.264 e. The van der Waals surface area contributed by atoms with Crippen LogP contribution in [-0.2, 0) is 6.54 Å². The topological polar surface area (TPSA) is 38.9 Å². The third kappa shape index (κ3) is 2.34. The minimum atomic E-state index is -2.48. The number of nitrogens with two attached hydrogens (primary N) is 1. The SMILES string of the molecule is Cc1cc(C(F)F)c(CN)c(I)n1. The van der Waals surface area contributed by atoms with E-state index in [0.29, 0.717) is 15.0 Å². The van der Waals surface area contributed by atoms with Crippen molar-refractivity contribution in [3.63, 3.8) is 0 Å². The first kappa shape index (κ1) is 10.8. The van der Waals surface area contributed by atoms with Crippen molar-refractivity contribution in [2.75, 3.05) is 0 Å². The van der Waals surface area contributed by atoms with E-state index < -0.39 is 6.43 Å². The van der Waals surface area contributed by atoms with Gasteiger partial charge in [0.05, 0.1) is 0 Å². The van der Waals surface area contributed by atoms with Crippen molar-refractivity contribution in [3.8, 4) is 0 Å². The first-order valence-electron chi connectivity index (χ1n) is 3.70. The van der Waals surface area contributed by atoms with Gasteiger partial charge in [0.1, 0.15) is 3.70 Å². The molecule has 0 unspecified atom stereocenters. The van der Waals surface area contributed by atoms with Crippen molar-refractivity contribution in [2.24, 2.45) is 5.73 Å². The lowest BCUT2D eigenvalue weighted by Gasteiger charge is -2.09. The zero-order valence-electron chi connectivity index (χ0n) is 7.02. The maximum Gasteiger partial charge on any atom is 0.264 e. The molecule has 2 nitrogen and oxygen atoms in total. The Morgan fingerprint density at radius 2 is 2.23 bits per heavy atom. The lowest BCUT2D eigenvalue weighted by atomic mass is 10.1. The second kappa shape index (κ2) is 4.28. The first-order chi connectivity index (χ1) is 6.06. The summed E-state index contributed by atoms with van der Waals surface area (Å²) in [7, 11) is 0. The highest BCUT2D eigenvalue weighted by Crippen LogP contribution is 2.25. The molecule has 1 heterocycles. The van der Waals surface area contributed by atoms with Gasteiger partial charge in [-0.1, -0.05) is 0 Å². The van der Waals surface area contributed by atoms with E-state index in [1.807, 2.05) is 22.6 Å². The van der Waals surface area contributed by atoms with Crippen molar-refractivity contribution in [3.05, 3.63) is 26.6 Å². The molecule has 1 aromatic rings. The van der Waals surface area contributed by atoms with Crippen LogP contribution in [0.15, 0.2) is 6.07 Å². The zero-order chi connectivity index (χ0) is 10.0. The molecular weight excluding hydrogens is 289 g/mol. The quantitative estimate of drug-likeness (QED) is 0.672. The maximum atomic E-state index is 12.5. The Morgan fingerprint density at radius 3 is 2.69 bits per heavy atom. The monoisotopic (exact) mass is 298 g/mol. The molecule has 72 valence electrons. The molecule has 0 saturated heterocycles. The fourth-order valence-corrected chi connectivity index (χ4v) is 1.99. The standard InChI is InChI=1S/C8H9F2IN2/c1-4-2-5(7(9)10)6(3-12)8(11)13-4/h2,7H,3,12H2,1H3. The van der Waals surface area contributed by atoms with Crippen LogP contribution < -0.4 is 5.73 Å². The van der Waals surface area contributed by atoms with Crippen molar-refractivity contribution in [1.82, 2.24) is 4.98 Å². The highest BCUT2D eigenvalue weighted by atomic mass is 127. The molecule has 2 N–H and O–H groups in total. The summed E-state index contributed by atoms with van der Waals surface area (Å²) < 4.78 is 25.5. The third-order valence-electron chi connectivity index (χ3n) is 1.68. The summed E-state index contributed by atoms with van der Waals surface area (Å²) in [5.41, 5.74) is 6.40. The van der Waals surface area contributed by atoms with E-state index in [1.165, 1.54) is 6.07 Å². The fraction of sp³-hybridized carbons (Fsp3) is 0.375. The molecule has 13 heavy (non-hydrogen) atoms. The number of pyridine rings is 1. The van der Waals surface area contributed by atoms with E-state index in [9.17, 15) is 8.78 Å². The largest absolute Gasteiger partial charge is 0.326 e. The summed E-state index contributed by atoms with van der Waals surface area (Å²) in [6, 6.07) is 1.38. The Bertz CT molecular complexity index is 315. The Labute approximate surface area is 88.7 Å². The van der Waals surface area contributed by atoms with Crippen molar-refractivity contribution >= 4 is 22.6 Å². The molecule has 0 bridgehead atoms. The van der Waals surface area contributed by atoms with Gasteiger partial charge in [-0.2, -0.15) is 0 Å². The van der Waals surface area contributed by atoms with Gasteiger partial charge in [0, 0.05) is 23.4 Å². The van der Waals surface area contributed by atoms with Crippen molar-refractivity contribution in [2.45, 2.75) is 19.9 Å². The van der Waals surface area contributed by atoms with Gasteiger partial charge in [-0.15, -0.1) is 0 Å². The van der Waals surface area contributed by atoms with Gasteiger partial charge in [0.15, 0.2) is 0 Å². The average molecular weight is 298 g/mol. The summed E-state index contributed by atoms with van der Waals surface area (Å²) in [5, 5.41) is 0. The molecule has 0 aromatic carbocycles. The van der Waals surface area contributed by atoms with Gasteiger partial charge in [-0.05, 0) is 35.6 Å². The highest BCUT2D eigenvalue weighted by molar-refractivity contribution is 14.1. The maximum absolute atomic E-state index is 12.5. The number of hydrogen-bond acceptors (Lipinski definition) is 2. The molecule has 0 radical (unpaired) electrons. The van der Waals surface area contributed by atoms with Crippen molar-refractivity contribution in [1.29, 1.82) is 0 Å². The van der Waals surface area contributed by atoms with Crippen LogP contribution in [0.5, 0.6) is 0 Å². The molecule has 0 aliphatic rings. The molecular formula is C8H9F2IN2. The van der Waals surface area contributed by atoms with Gasteiger partial charge in [-0.3, -0.25) is 0 Å². The molecule has 0 atom stereocenters. The first-order valence-corrected chi connectivity index (χ1v) is 4.78. The van der Waals surface area contributed by atoms with E-state index >= 15 is 0 Å². The number of halogens is 3. The summed E-state index contributed by atoms with van der Waals surface area (Å²) in [4.78, 5) is 4.06. The van der Waals surface area contributed by atoms with E-state index in [4.69, 9.17) is 5.73 Å². The Kier molecular flexibility index (Phi) is 3.55. The van der Waals surface area contributed by atoms with Gasteiger partial charge < -0.3 is 5.73 Å². The van der Waals surface area contributed by atoms with E-state index in [2.05, 4.69) is 4.98 Å². The minimum Gasteiger partial charge on any atom is -0.326 e. The second-order valence-electron chi connectivity index (χ2n) is 2.63. The number of rotatable bonds is 2.